The molecule has 0 saturated heterocycles. The van der Waals surface area contributed by atoms with Crippen molar-refractivity contribution in [3.05, 3.63) is 33.7 Å². The molecule has 1 aliphatic rings. The maximum Gasteiger partial charge on any atom is 0.143 e. The third kappa shape index (κ3) is 3.36. The van der Waals surface area contributed by atoms with Gasteiger partial charge in [0.15, 0.2) is 0 Å². The maximum absolute atomic E-state index is 5.63. The topological polar surface area (TPSA) is 62.6 Å². The molecule has 0 fully saturated rings. The Hall–Kier alpha value is -1.74. The smallest absolute Gasteiger partial charge is 0.143 e. The molecule has 0 spiro atoms. The van der Waals surface area contributed by atoms with E-state index < -0.39 is 0 Å². The van der Waals surface area contributed by atoms with Gasteiger partial charge in [0.05, 0.1) is 31.4 Å². The summed E-state index contributed by atoms with van der Waals surface area (Å²) in [6, 6.07) is 6.54. The summed E-state index contributed by atoms with van der Waals surface area (Å²) in [6.07, 6.45) is 3.69. The molecule has 0 bridgehead atoms. The van der Waals surface area contributed by atoms with Gasteiger partial charge in [-0.3, -0.25) is 4.99 Å². The lowest BCUT2D eigenvalue weighted by atomic mass is 10.0. The van der Waals surface area contributed by atoms with Crippen LogP contribution in [0.15, 0.2) is 29.4 Å². The van der Waals surface area contributed by atoms with Crippen molar-refractivity contribution in [2.75, 3.05) is 25.6 Å². The molecule has 3 rings (SSSR count). The first kappa shape index (κ1) is 17.1. The third-order valence-electron chi connectivity index (χ3n) is 3.98. The molecule has 1 N–H and O–H groups in total. The molecule has 2 aromatic rings. The summed E-state index contributed by atoms with van der Waals surface area (Å²) in [5.74, 6) is 0.829. The van der Waals surface area contributed by atoms with Gasteiger partial charge in [0.25, 0.3) is 0 Å². The lowest BCUT2D eigenvalue weighted by Crippen LogP contribution is -2.21. The van der Waals surface area contributed by atoms with E-state index in [1.54, 1.807) is 7.11 Å². The fraction of sp³-hybridized carbons (Fsp3) is 0.353. The van der Waals surface area contributed by atoms with E-state index in [9.17, 15) is 0 Å². The second-order valence-corrected chi connectivity index (χ2v) is 6.73. The molecule has 1 atom stereocenters. The zero-order valence-electron chi connectivity index (χ0n) is 14.0. The monoisotopic (exact) mass is 437 g/mol. The molecule has 1 aliphatic heterocycles. The average molecular weight is 437 g/mol. The van der Waals surface area contributed by atoms with Crippen LogP contribution in [-0.4, -0.2) is 43.3 Å². The molecule has 126 valence electrons. The quantitative estimate of drug-likeness (QED) is 0.730. The predicted octanol–water partition coefficient (Wildman–Crippen LogP) is 2.71. The highest BCUT2D eigenvalue weighted by Gasteiger charge is 2.19. The number of nitrogens with one attached hydrogen (secondary N) is 1. The normalized spacial score (nSPS) is 16.7. The molecule has 24 heavy (non-hydrogen) atoms. The molecule has 1 unspecified atom stereocenters. The Labute approximate surface area is 155 Å². The van der Waals surface area contributed by atoms with Gasteiger partial charge in [-0.15, -0.1) is 5.10 Å². The zero-order chi connectivity index (χ0) is 17.1. The number of ether oxygens (including phenoxy) is 1. The number of rotatable bonds is 5. The van der Waals surface area contributed by atoms with Crippen molar-refractivity contribution in [2.24, 2.45) is 4.99 Å². The van der Waals surface area contributed by atoms with Gasteiger partial charge < -0.3 is 15.0 Å². The van der Waals surface area contributed by atoms with Crippen LogP contribution in [0.2, 0.25) is 0 Å². The summed E-state index contributed by atoms with van der Waals surface area (Å²) in [6.45, 7) is 3.71. The fourth-order valence-corrected chi connectivity index (χ4v) is 3.40. The van der Waals surface area contributed by atoms with E-state index in [1.807, 2.05) is 19.6 Å². The minimum atomic E-state index is 0.308. The molecule has 7 heteroatoms. The molecule has 0 amide bonds. The first-order chi connectivity index (χ1) is 11.6. The molecule has 2 heterocycles. The first-order valence-electron chi connectivity index (χ1n) is 7.77. The lowest BCUT2D eigenvalue weighted by Gasteiger charge is -2.20. The van der Waals surface area contributed by atoms with Crippen molar-refractivity contribution < 1.29 is 4.74 Å². The Balaban J connectivity index is 2.02. The number of aliphatic imine (C=N–C) groups is 1. The van der Waals surface area contributed by atoms with E-state index in [2.05, 4.69) is 73.1 Å². The molecule has 0 aliphatic carbocycles. The summed E-state index contributed by atoms with van der Waals surface area (Å²) < 4.78 is 6.53. The highest BCUT2D eigenvalue weighted by atomic mass is 127. The van der Waals surface area contributed by atoms with Crippen LogP contribution >= 0.6 is 22.6 Å². The van der Waals surface area contributed by atoms with Crippen LogP contribution in [0.3, 0.4) is 0 Å². The lowest BCUT2D eigenvalue weighted by molar-refractivity contribution is 0.415. The highest BCUT2D eigenvalue weighted by molar-refractivity contribution is 14.1. The fourth-order valence-electron chi connectivity index (χ4n) is 2.80. The summed E-state index contributed by atoms with van der Waals surface area (Å²) in [4.78, 5) is 6.54. The molecular formula is C17H20IN5O. The molecule has 0 saturated carbocycles. The summed E-state index contributed by atoms with van der Waals surface area (Å²) in [5, 5.41) is 11.5. The van der Waals surface area contributed by atoms with Gasteiger partial charge in [-0.05, 0) is 54.3 Å². The van der Waals surface area contributed by atoms with E-state index in [4.69, 9.17) is 4.74 Å². The van der Waals surface area contributed by atoms with Gasteiger partial charge in [0.1, 0.15) is 9.45 Å². The zero-order valence-corrected chi connectivity index (χ0v) is 16.1. The van der Waals surface area contributed by atoms with E-state index in [0.717, 1.165) is 44.9 Å². The van der Waals surface area contributed by atoms with E-state index in [1.165, 1.54) is 0 Å². The second kappa shape index (κ2) is 7.43. The van der Waals surface area contributed by atoms with Gasteiger partial charge >= 0.3 is 0 Å². The number of anilines is 1. The number of methoxy groups -OCH3 is 1. The van der Waals surface area contributed by atoms with Gasteiger partial charge in [0, 0.05) is 24.2 Å². The predicted molar refractivity (Wildman–Crippen MR) is 105 cm³/mol. The number of hydrogen-bond acceptors (Lipinski definition) is 6. The molecule has 0 radical (unpaired) electrons. The first-order valence-corrected chi connectivity index (χ1v) is 8.85. The van der Waals surface area contributed by atoms with Gasteiger partial charge in [0.2, 0.25) is 0 Å². The Bertz CT molecular complexity index is 765. The number of benzene rings is 1. The van der Waals surface area contributed by atoms with Crippen LogP contribution in [0.25, 0.3) is 11.1 Å². The van der Waals surface area contributed by atoms with Crippen molar-refractivity contribution in [3.8, 4) is 16.9 Å². The minimum absolute atomic E-state index is 0.308. The number of halogens is 1. The summed E-state index contributed by atoms with van der Waals surface area (Å²) >= 11 is 2.22. The van der Waals surface area contributed by atoms with Crippen LogP contribution < -0.4 is 15.0 Å². The highest BCUT2D eigenvalue weighted by Crippen LogP contribution is 2.35. The third-order valence-corrected chi connectivity index (χ3v) is 4.85. The van der Waals surface area contributed by atoms with Crippen LogP contribution in [0.1, 0.15) is 12.5 Å². The summed E-state index contributed by atoms with van der Waals surface area (Å²) in [7, 11) is 3.63. The number of nitrogens with zero attached hydrogens (tertiary/aromatic N) is 4. The van der Waals surface area contributed by atoms with Crippen molar-refractivity contribution in [1.29, 1.82) is 0 Å². The Morgan fingerprint density at radius 2 is 2.25 bits per heavy atom. The molecule has 1 aromatic carbocycles. The number of hydrogen-bond donors (Lipinski definition) is 1. The Kier molecular flexibility index (Phi) is 5.30. The van der Waals surface area contributed by atoms with Crippen LogP contribution in [0.5, 0.6) is 5.75 Å². The van der Waals surface area contributed by atoms with Gasteiger partial charge in [-0.25, -0.2) is 0 Å². The van der Waals surface area contributed by atoms with Crippen molar-refractivity contribution in [2.45, 2.75) is 19.5 Å². The van der Waals surface area contributed by atoms with Crippen LogP contribution in [0, 0.1) is 3.70 Å². The van der Waals surface area contributed by atoms with Crippen LogP contribution in [0.4, 0.5) is 5.69 Å². The van der Waals surface area contributed by atoms with Crippen molar-refractivity contribution in [3.63, 3.8) is 0 Å². The van der Waals surface area contributed by atoms with E-state index >= 15 is 0 Å². The number of aromatic nitrogens is 2. The molecule has 1 aromatic heterocycles. The van der Waals surface area contributed by atoms with E-state index in [0.29, 0.717) is 6.04 Å². The van der Waals surface area contributed by atoms with Crippen molar-refractivity contribution in [1.82, 2.24) is 15.5 Å². The Morgan fingerprint density at radius 3 is 2.92 bits per heavy atom. The second-order valence-electron chi connectivity index (χ2n) is 5.71. The molecular weight excluding hydrogens is 417 g/mol. The van der Waals surface area contributed by atoms with Gasteiger partial charge in [-0.2, -0.15) is 5.10 Å². The Morgan fingerprint density at radius 1 is 1.42 bits per heavy atom. The summed E-state index contributed by atoms with van der Waals surface area (Å²) in [5.41, 5.74) is 4.30. The maximum atomic E-state index is 5.63. The standard InChI is InChI=1S/C17H20IN5O/c1-11-9-23(10-20-11)15-5-4-12(6-16(15)24-3)13-8-21-22-17(18)14(13)7-19-2/h4-6,8,10-11,19H,7,9H2,1-3H3. The largest absolute Gasteiger partial charge is 0.495 e. The van der Waals surface area contributed by atoms with Crippen molar-refractivity contribution >= 4 is 34.6 Å². The average Bonchev–Trinajstić information content (AvgIpc) is 3.02. The van der Waals surface area contributed by atoms with E-state index in [-0.39, 0.29) is 0 Å². The van der Waals surface area contributed by atoms with Gasteiger partial charge in [-0.1, -0.05) is 6.07 Å². The SMILES string of the molecule is CNCc1c(-c2ccc(N3C=NC(C)C3)c(OC)c2)cnnc1I. The minimum Gasteiger partial charge on any atom is -0.495 e. The molecule has 6 nitrogen and oxygen atoms in total. The van der Waals surface area contributed by atoms with Crippen LogP contribution in [-0.2, 0) is 6.54 Å².